The third-order valence-electron chi connectivity index (χ3n) is 3.08. The second-order valence-electron chi connectivity index (χ2n) is 4.35. The van der Waals surface area contributed by atoms with E-state index in [1.54, 1.807) is 6.20 Å². The maximum absolute atomic E-state index is 9.84. The van der Waals surface area contributed by atoms with Gasteiger partial charge in [0.2, 0.25) is 0 Å². The standard InChI is InChI=1S/C11H16BrN3O/c1-7-2-3-15(6-10(7)16)11-9(13)4-8(12)5-14-11/h4-5,7,10,16H,2-3,6,13H2,1H3. The van der Waals surface area contributed by atoms with E-state index >= 15 is 0 Å². The molecule has 88 valence electrons. The summed E-state index contributed by atoms with van der Waals surface area (Å²) in [6, 6.07) is 1.84. The van der Waals surface area contributed by atoms with E-state index in [1.165, 1.54) is 0 Å². The van der Waals surface area contributed by atoms with Gasteiger partial charge in [0, 0.05) is 23.8 Å². The van der Waals surface area contributed by atoms with Crippen LogP contribution >= 0.6 is 15.9 Å². The Balaban J connectivity index is 2.18. The van der Waals surface area contributed by atoms with Gasteiger partial charge in [0.05, 0.1) is 11.8 Å². The number of nitrogen functional groups attached to an aromatic ring is 1. The number of aliphatic hydroxyl groups excluding tert-OH is 1. The lowest BCUT2D eigenvalue weighted by molar-refractivity contribution is 0.102. The third kappa shape index (κ3) is 2.30. The molecule has 1 aliphatic rings. The zero-order chi connectivity index (χ0) is 11.7. The number of aromatic nitrogens is 1. The van der Waals surface area contributed by atoms with Gasteiger partial charge >= 0.3 is 0 Å². The van der Waals surface area contributed by atoms with Crippen LogP contribution in [0.3, 0.4) is 0 Å². The lowest BCUT2D eigenvalue weighted by Gasteiger charge is -2.35. The van der Waals surface area contributed by atoms with E-state index in [9.17, 15) is 5.11 Å². The minimum absolute atomic E-state index is 0.293. The molecule has 2 heterocycles. The number of β-amino-alcohol motifs (C(OH)–C–C–N with tert-alkyl or cyclic N) is 1. The number of pyridine rings is 1. The van der Waals surface area contributed by atoms with Crippen LogP contribution in [0.1, 0.15) is 13.3 Å². The van der Waals surface area contributed by atoms with Gasteiger partial charge < -0.3 is 15.7 Å². The van der Waals surface area contributed by atoms with Crippen molar-refractivity contribution in [3.63, 3.8) is 0 Å². The molecule has 1 aromatic rings. The number of halogens is 1. The lowest BCUT2D eigenvalue weighted by atomic mass is 9.96. The summed E-state index contributed by atoms with van der Waals surface area (Å²) in [5, 5.41) is 9.84. The van der Waals surface area contributed by atoms with E-state index in [-0.39, 0.29) is 6.10 Å². The molecule has 0 amide bonds. The predicted octanol–water partition coefficient (Wildman–Crippen LogP) is 1.63. The molecule has 0 bridgehead atoms. The molecule has 0 spiro atoms. The largest absolute Gasteiger partial charge is 0.396 e. The number of aliphatic hydroxyl groups is 1. The lowest BCUT2D eigenvalue weighted by Crippen LogP contribution is -2.43. The number of nitrogens with two attached hydrogens (primary N) is 1. The first kappa shape index (κ1) is 11.7. The summed E-state index contributed by atoms with van der Waals surface area (Å²) in [6.45, 7) is 3.58. The van der Waals surface area contributed by atoms with E-state index < -0.39 is 0 Å². The van der Waals surface area contributed by atoms with Gasteiger partial charge in [0.15, 0.2) is 5.82 Å². The second kappa shape index (κ2) is 4.59. The summed E-state index contributed by atoms with van der Waals surface area (Å²) < 4.78 is 0.875. The van der Waals surface area contributed by atoms with Gasteiger partial charge in [0.1, 0.15) is 0 Å². The van der Waals surface area contributed by atoms with Crippen molar-refractivity contribution >= 4 is 27.4 Å². The van der Waals surface area contributed by atoms with Gasteiger partial charge in [-0.2, -0.15) is 0 Å². The molecule has 5 heteroatoms. The quantitative estimate of drug-likeness (QED) is 0.823. The molecule has 3 N–H and O–H groups in total. The number of hydrogen-bond donors (Lipinski definition) is 2. The van der Waals surface area contributed by atoms with Crippen LogP contribution in [0.2, 0.25) is 0 Å². The van der Waals surface area contributed by atoms with E-state index in [1.807, 2.05) is 11.0 Å². The van der Waals surface area contributed by atoms with E-state index in [0.29, 0.717) is 18.2 Å². The van der Waals surface area contributed by atoms with Gasteiger partial charge in [-0.05, 0) is 34.3 Å². The normalized spacial score (nSPS) is 25.8. The molecule has 0 aliphatic carbocycles. The first-order chi connectivity index (χ1) is 7.58. The van der Waals surface area contributed by atoms with E-state index in [2.05, 4.69) is 27.8 Å². The maximum atomic E-state index is 9.84. The Bertz CT molecular complexity index is 385. The van der Waals surface area contributed by atoms with Crippen LogP contribution < -0.4 is 10.6 Å². The van der Waals surface area contributed by atoms with Crippen molar-refractivity contribution in [3.05, 3.63) is 16.7 Å². The summed E-state index contributed by atoms with van der Waals surface area (Å²) in [5.74, 6) is 1.13. The van der Waals surface area contributed by atoms with Crippen LogP contribution in [-0.2, 0) is 0 Å². The number of hydrogen-bond acceptors (Lipinski definition) is 4. The molecule has 2 unspecified atom stereocenters. The Morgan fingerprint density at radius 1 is 1.62 bits per heavy atom. The highest BCUT2D eigenvalue weighted by atomic mass is 79.9. The molecule has 0 radical (unpaired) electrons. The Hall–Kier alpha value is -0.810. The molecule has 1 aliphatic heterocycles. The van der Waals surface area contributed by atoms with Crippen LogP contribution in [0.5, 0.6) is 0 Å². The summed E-state index contributed by atoms with van der Waals surface area (Å²) in [4.78, 5) is 6.35. The van der Waals surface area contributed by atoms with Crippen molar-refractivity contribution in [1.82, 2.24) is 4.98 Å². The molecule has 1 aromatic heterocycles. The number of piperidine rings is 1. The fraction of sp³-hybridized carbons (Fsp3) is 0.545. The van der Waals surface area contributed by atoms with Crippen molar-refractivity contribution < 1.29 is 5.11 Å². The topological polar surface area (TPSA) is 62.4 Å². The van der Waals surface area contributed by atoms with Crippen molar-refractivity contribution in [2.75, 3.05) is 23.7 Å². The van der Waals surface area contributed by atoms with Crippen molar-refractivity contribution in [2.24, 2.45) is 5.92 Å². The molecular weight excluding hydrogens is 270 g/mol. The molecule has 4 nitrogen and oxygen atoms in total. The first-order valence-electron chi connectivity index (χ1n) is 5.42. The van der Waals surface area contributed by atoms with Gasteiger partial charge in [-0.1, -0.05) is 6.92 Å². The molecule has 0 aromatic carbocycles. The van der Waals surface area contributed by atoms with Crippen LogP contribution in [0, 0.1) is 5.92 Å². The van der Waals surface area contributed by atoms with Crippen molar-refractivity contribution in [2.45, 2.75) is 19.4 Å². The summed E-state index contributed by atoms with van der Waals surface area (Å²) >= 11 is 3.33. The molecule has 1 fully saturated rings. The fourth-order valence-electron chi connectivity index (χ4n) is 1.95. The SMILES string of the molecule is CC1CCN(c2ncc(Br)cc2N)CC1O. The Morgan fingerprint density at radius 3 is 3.00 bits per heavy atom. The van der Waals surface area contributed by atoms with Gasteiger partial charge in [-0.15, -0.1) is 0 Å². The van der Waals surface area contributed by atoms with Crippen LogP contribution in [0.4, 0.5) is 11.5 Å². The first-order valence-corrected chi connectivity index (χ1v) is 6.21. The van der Waals surface area contributed by atoms with Gasteiger partial charge in [-0.3, -0.25) is 0 Å². The van der Waals surface area contributed by atoms with Gasteiger partial charge in [-0.25, -0.2) is 4.98 Å². The molecule has 2 atom stereocenters. The summed E-state index contributed by atoms with van der Waals surface area (Å²) in [5.41, 5.74) is 6.57. The number of nitrogens with zero attached hydrogens (tertiary/aromatic N) is 2. The third-order valence-corrected chi connectivity index (χ3v) is 3.51. The zero-order valence-electron chi connectivity index (χ0n) is 9.23. The van der Waals surface area contributed by atoms with Gasteiger partial charge in [0.25, 0.3) is 0 Å². The minimum atomic E-state index is -0.293. The fourth-order valence-corrected chi connectivity index (χ4v) is 2.30. The molecule has 16 heavy (non-hydrogen) atoms. The monoisotopic (exact) mass is 285 g/mol. The van der Waals surface area contributed by atoms with Crippen molar-refractivity contribution in [3.8, 4) is 0 Å². The molecule has 1 saturated heterocycles. The Labute approximate surface area is 104 Å². The molecule has 0 saturated carbocycles. The number of rotatable bonds is 1. The van der Waals surface area contributed by atoms with Crippen LogP contribution in [0.25, 0.3) is 0 Å². The Morgan fingerprint density at radius 2 is 2.38 bits per heavy atom. The van der Waals surface area contributed by atoms with Crippen LogP contribution in [-0.4, -0.2) is 29.3 Å². The minimum Gasteiger partial charge on any atom is -0.396 e. The number of anilines is 2. The van der Waals surface area contributed by atoms with E-state index in [4.69, 9.17) is 5.73 Å². The molecule has 2 rings (SSSR count). The van der Waals surface area contributed by atoms with Crippen molar-refractivity contribution in [1.29, 1.82) is 0 Å². The van der Waals surface area contributed by atoms with Crippen LogP contribution in [0.15, 0.2) is 16.7 Å². The smallest absolute Gasteiger partial charge is 0.151 e. The highest BCUT2D eigenvalue weighted by molar-refractivity contribution is 9.10. The Kier molecular flexibility index (Phi) is 3.35. The summed E-state index contributed by atoms with van der Waals surface area (Å²) in [7, 11) is 0. The highest BCUT2D eigenvalue weighted by Crippen LogP contribution is 2.27. The van der Waals surface area contributed by atoms with E-state index in [0.717, 1.165) is 23.3 Å². The average Bonchev–Trinajstić information content (AvgIpc) is 2.22. The maximum Gasteiger partial charge on any atom is 0.151 e. The zero-order valence-corrected chi connectivity index (χ0v) is 10.8. The average molecular weight is 286 g/mol. The highest BCUT2D eigenvalue weighted by Gasteiger charge is 2.25. The summed E-state index contributed by atoms with van der Waals surface area (Å²) in [6.07, 6.45) is 2.41. The second-order valence-corrected chi connectivity index (χ2v) is 5.26. The molecular formula is C11H16BrN3O. The predicted molar refractivity (Wildman–Crippen MR) is 68.4 cm³/mol.